The van der Waals surface area contributed by atoms with Gasteiger partial charge >= 0.3 is 5.97 Å². The number of fused-ring (bicyclic) bond motifs is 1. The largest absolute Gasteiger partial charge is 0.476 e. The molecule has 1 aromatic heterocycles. The highest BCUT2D eigenvalue weighted by Crippen LogP contribution is 2.17. The van der Waals surface area contributed by atoms with Crippen molar-refractivity contribution in [1.82, 2.24) is 10.2 Å². The molecule has 0 radical (unpaired) electrons. The molecule has 2 aromatic rings. The molecular weight excluding hydrogens is 180 g/mol. The van der Waals surface area contributed by atoms with E-state index in [0.717, 1.165) is 10.9 Å². The van der Waals surface area contributed by atoms with Crippen LogP contribution in [0.5, 0.6) is 0 Å². The van der Waals surface area contributed by atoms with Gasteiger partial charge in [-0.2, -0.15) is 0 Å². The van der Waals surface area contributed by atoms with E-state index in [1.807, 2.05) is 18.2 Å². The molecule has 70 valence electrons. The van der Waals surface area contributed by atoms with Gasteiger partial charge in [0.15, 0.2) is 5.69 Å². The predicted octanol–water partition coefficient (Wildman–Crippen LogP) is 1.64. The van der Waals surface area contributed by atoms with Gasteiger partial charge in [-0.15, -0.1) is 10.2 Å². The third-order valence-electron chi connectivity index (χ3n) is 2.12. The first-order chi connectivity index (χ1) is 6.70. The third-order valence-corrected chi connectivity index (χ3v) is 2.12. The van der Waals surface area contributed by atoms with E-state index >= 15 is 0 Å². The summed E-state index contributed by atoms with van der Waals surface area (Å²) in [6.45, 7) is 1.74. The smallest absolute Gasteiger partial charge is 0.356 e. The zero-order valence-electron chi connectivity index (χ0n) is 7.56. The maximum Gasteiger partial charge on any atom is 0.356 e. The highest BCUT2D eigenvalue weighted by Gasteiger charge is 2.11. The summed E-state index contributed by atoms with van der Waals surface area (Å²) in [7, 11) is 0. The van der Waals surface area contributed by atoms with E-state index in [1.165, 1.54) is 0 Å². The molecule has 0 aliphatic rings. The van der Waals surface area contributed by atoms with E-state index in [4.69, 9.17) is 5.11 Å². The summed E-state index contributed by atoms with van der Waals surface area (Å²) in [6.07, 6.45) is 0. The summed E-state index contributed by atoms with van der Waals surface area (Å²) in [5.74, 6) is -1.04. The molecule has 0 aliphatic heterocycles. The Morgan fingerprint density at radius 3 is 2.71 bits per heavy atom. The average molecular weight is 188 g/mol. The summed E-state index contributed by atoms with van der Waals surface area (Å²) in [5, 5.41) is 17.1. The Bertz CT molecular complexity index is 508. The van der Waals surface area contributed by atoms with E-state index < -0.39 is 5.97 Å². The summed E-state index contributed by atoms with van der Waals surface area (Å²) < 4.78 is 0. The third kappa shape index (κ3) is 1.21. The van der Waals surface area contributed by atoms with Gasteiger partial charge in [0.05, 0.1) is 5.52 Å². The van der Waals surface area contributed by atoms with Gasteiger partial charge in [0, 0.05) is 5.39 Å². The van der Waals surface area contributed by atoms with Crippen LogP contribution >= 0.6 is 0 Å². The molecule has 0 atom stereocenters. The standard InChI is InChI=1S/C10H8N2O2/c1-6-7-4-2-3-5-8(7)11-12-9(6)10(13)14/h2-5H,1H3,(H,13,14). The lowest BCUT2D eigenvalue weighted by Gasteiger charge is -2.02. The molecule has 0 spiro atoms. The number of benzene rings is 1. The van der Waals surface area contributed by atoms with Crippen molar-refractivity contribution in [2.75, 3.05) is 0 Å². The Morgan fingerprint density at radius 2 is 2.00 bits per heavy atom. The predicted molar refractivity (Wildman–Crippen MR) is 51.2 cm³/mol. The van der Waals surface area contributed by atoms with Gasteiger partial charge in [0.25, 0.3) is 0 Å². The summed E-state index contributed by atoms with van der Waals surface area (Å²) >= 11 is 0. The van der Waals surface area contributed by atoms with E-state index in [1.54, 1.807) is 13.0 Å². The SMILES string of the molecule is Cc1c(C(=O)O)nnc2ccccc12. The van der Waals surface area contributed by atoms with E-state index in [-0.39, 0.29) is 5.69 Å². The minimum Gasteiger partial charge on any atom is -0.476 e. The van der Waals surface area contributed by atoms with Crippen LogP contribution < -0.4 is 0 Å². The molecule has 1 N–H and O–H groups in total. The van der Waals surface area contributed by atoms with Crippen LogP contribution in [0.3, 0.4) is 0 Å². The Morgan fingerprint density at radius 1 is 1.29 bits per heavy atom. The van der Waals surface area contributed by atoms with Crippen molar-refractivity contribution in [2.45, 2.75) is 6.92 Å². The van der Waals surface area contributed by atoms with Gasteiger partial charge < -0.3 is 5.11 Å². The van der Waals surface area contributed by atoms with Crippen LogP contribution in [0.4, 0.5) is 0 Å². The van der Waals surface area contributed by atoms with Gasteiger partial charge in [-0.1, -0.05) is 18.2 Å². The number of carboxylic acid groups (broad SMARTS) is 1. The Balaban J connectivity index is 2.81. The molecule has 0 saturated heterocycles. The molecule has 0 unspecified atom stereocenters. The fourth-order valence-electron chi connectivity index (χ4n) is 1.39. The number of carboxylic acids is 1. The van der Waals surface area contributed by atoms with Crippen molar-refractivity contribution in [3.05, 3.63) is 35.5 Å². The van der Waals surface area contributed by atoms with Gasteiger partial charge in [0.2, 0.25) is 0 Å². The van der Waals surface area contributed by atoms with Crippen LogP contribution in [0.2, 0.25) is 0 Å². The topological polar surface area (TPSA) is 63.1 Å². The van der Waals surface area contributed by atoms with E-state index in [9.17, 15) is 4.79 Å². The van der Waals surface area contributed by atoms with Crippen molar-refractivity contribution in [3.63, 3.8) is 0 Å². The molecule has 1 aromatic carbocycles. The number of aromatic carboxylic acids is 1. The Kier molecular flexibility index (Phi) is 1.89. The highest BCUT2D eigenvalue weighted by atomic mass is 16.4. The van der Waals surface area contributed by atoms with Crippen molar-refractivity contribution in [2.24, 2.45) is 0 Å². The van der Waals surface area contributed by atoms with Crippen LogP contribution in [-0.2, 0) is 0 Å². The lowest BCUT2D eigenvalue weighted by atomic mass is 10.1. The van der Waals surface area contributed by atoms with Crippen molar-refractivity contribution in [1.29, 1.82) is 0 Å². The lowest BCUT2D eigenvalue weighted by molar-refractivity contribution is 0.0688. The summed E-state index contributed by atoms with van der Waals surface area (Å²) in [6, 6.07) is 7.34. The first kappa shape index (κ1) is 8.62. The van der Waals surface area contributed by atoms with Crippen LogP contribution in [0.25, 0.3) is 10.9 Å². The first-order valence-electron chi connectivity index (χ1n) is 4.15. The second-order valence-corrected chi connectivity index (χ2v) is 3.00. The fraction of sp³-hybridized carbons (Fsp3) is 0.100. The molecule has 1 heterocycles. The zero-order chi connectivity index (χ0) is 10.1. The van der Waals surface area contributed by atoms with Gasteiger partial charge in [-0.25, -0.2) is 4.79 Å². The van der Waals surface area contributed by atoms with Gasteiger partial charge in [-0.05, 0) is 18.6 Å². The van der Waals surface area contributed by atoms with Crippen molar-refractivity contribution in [3.8, 4) is 0 Å². The Labute approximate surface area is 80.2 Å². The molecule has 0 amide bonds. The van der Waals surface area contributed by atoms with Crippen molar-refractivity contribution < 1.29 is 9.90 Å². The molecule has 2 rings (SSSR count). The maximum atomic E-state index is 10.8. The average Bonchev–Trinajstić information content (AvgIpc) is 2.18. The number of carbonyl (C=O) groups is 1. The number of hydrogen-bond acceptors (Lipinski definition) is 3. The van der Waals surface area contributed by atoms with Crippen LogP contribution in [0.1, 0.15) is 16.1 Å². The number of aryl methyl sites for hydroxylation is 1. The number of hydrogen-bond donors (Lipinski definition) is 1. The fourth-order valence-corrected chi connectivity index (χ4v) is 1.39. The molecule has 0 fully saturated rings. The summed E-state index contributed by atoms with van der Waals surface area (Å²) in [4.78, 5) is 10.8. The minimum atomic E-state index is -1.04. The Hall–Kier alpha value is -1.97. The van der Waals surface area contributed by atoms with Crippen LogP contribution in [-0.4, -0.2) is 21.3 Å². The second kappa shape index (κ2) is 3.06. The number of nitrogens with zero attached hydrogens (tertiary/aromatic N) is 2. The van der Waals surface area contributed by atoms with E-state index in [2.05, 4.69) is 10.2 Å². The molecule has 14 heavy (non-hydrogen) atoms. The quantitative estimate of drug-likeness (QED) is 0.738. The molecule has 4 heteroatoms. The minimum absolute atomic E-state index is 0.0173. The molecule has 4 nitrogen and oxygen atoms in total. The lowest BCUT2D eigenvalue weighted by Crippen LogP contribution is -2.05. The highest BCUT2D eigenvalue weighted by molar-refractivity contribution is 5.93. The maximum absolute atomic E-state index is 10.8. The number of rotatable bonds is 1. The molecule has 0 bridgehead atoms. The molecule has 0 aliphatic carbocycles. The second-order valence-electron chi connectivity index (χ2n) is 3.00. The molecular formula is C10H8N2O2. The molecule has 0 saturated carbocycles. The summed E-state index contributed by atoms with van der Waals surface area (Å²) in [5.41, 5.74) is 1.39. The van der Waals surface area contributed by atoms with E-state index in [0.29, 0.717) is 5.56 Å². The van der Waals surface area contributed by atoms with Crippen molar-refractivity contribution >= 4 is 16.9 Å². The van der Waals surface area contributed by atoms with Gasteiger partial charge in [-0.3, -0.25) is 0 Å². The van der Waals surface area contributed by atoms with Gasteiger partial charge in [0.1, 0.15) is 0 Å². The van der Waals surface area contributed by atoms with Crippen LogP contribution in [0, 0.1) is 6.92 Å². The normalized spacial score (nSPS) is 10.4. The monoisotopic (exact) mass is 188 g/mol. The first-order valence-corrected chi connectivity index (χ1v) is 4.15. The van der Waals surface area contributed by atoms with Crippen LogP contribution in [0.15, 0.2) is 24.3 Å². The zero-order valence-corrected chi connectivity index (χ0v) is 7.56. The number of aromatic nitrogens is 2.